The van der Waals surface area contributed by atoms with Crippen molar-refractivity contribution in [2.45, 2.75) is 19.8 Å². The fraction of sp³-hybridized carbons (Fsp3) is 0.250. The summed E-state index contributed by atoms with van der Waals surface area (Å²) >= 11 is 1.44. The van der Waals surface area contributed by atoms with Crippen molar-refractivity contribution in [3.63, 3.8) is 0 Å². The Kier molecular flexibility index (Phi) is 4.69. The number of carbonyl (C=O) groups excluding carboxylic acids is 2. The molecular weight excluding hydrogens is 272 g/mol. The minimum Gasteiger partial charge on any atom is -0.469 e. The van der Waals surface area contributed by atoms with Crippen LogP contribution in [0.25, 0.3) is 10.4 Å². The van der Waals surface area contributed by atoms with Crippen LogP contribution in [0.1, 0.15) is 28.6 Å². The van der Waals surface area contributed by atoms with Crippen molar-refractivity contribution in [1.82, 2.24) is 0 Å². The van der Waals surface area contributed by atoms with Crippen LogP contribution in [0, 0.1) is 0 Å². The number of hydrogen-bond donors (Lipinski definition) is 0. The Labute approximate surface area is 122 Å². The number of ketones is 1. The van der Waals surface area contributed by atoms with E-state index in [1.807, 2.05) is 43.3 Å². The van der Waals surface area contributed by atoms with Gasteiger partial charge in [0.1, 0.15) is 0 Å². The van der Waals surface area contributed by atoms with E-state index in [-0.39, 0.29) is 18.2 Å². The third-order valence-electron chi connectivity index (χ3n) is 3.00. The molecule has 0 radical (unpaired) electrons. The molecule has 0 amide bonds. The van der Waals surface area contributed by atoms with Gasteiger partial charge in [-0.3, -0.25) is 9.59 Å². The van der Waals surface area contributed by atoms with Crippen molar-refractivity contribution in [2.75, 3.05) is 7.11 Å². The van der Waals surface area contributed by atoms with E-state index in [2.05, 4.69) is 0 Å². The van der Waals surface area contributed by atoms with E-state index >= 15 is 0 Å². The third kappa shape index (κ3) is 3.14. The van der Waals surface area contributed by atoms with Crippen molar-refractivity contribution in [1.29, 1.82) is 0 Å². The van der Waals surface area contributed by atoms with Gasteiger partial charge in [0.15, 0.2) is 5.78 Å². The molecule has 4 heteroatoms. The monoisotopic (exact) mass is 288 g/mol. The molecule has 0 unspecified atom stereocenters. The maximum absolute atomic E-state index is 11.9. The highest BCUT2D eigenvalue weighted by Gasteiger charge is 2.17. The number of hydrogen-bond acceptors (Lipinski definition) is 4. The zero-order valence-electron chi connectivity index (χ0n) is 11.5. The summed E-state index contributed by atoms with van der Waals surface area (Å²) in [6.07, 6.45) is 0.653. The summed E-state index contributed by atoms with van der Waals surface area (Å²) in [7, 11) is 1.37. The SMILES string of the molecule is CCC(=O)c1cc(CC(=O)OC)c(-c2ccccc2)s1. The van der Waals surface area contributed by atoms with Crippen molar-refractivity contribution in [2.24, 2.45) is 0 Å². The summed E-state index contributed by atoms with van der Waals surface area (Å²) in [5.41, 5.74) is 1.87. The van der Waals surface area contributed by atoms with Crippen molar-refractivity contribution in [3.8, 4) is 10.4 Å². The largest absolute Gasteiger partial charge is 0.469 e. The second-order valence-corrected chi connectivity index (χ2v) is 5.41. The number of benzene rings is 1. The molecule has 0 atom stereocenters. The standard InChI is InChI=1S/C16H16O3S/c1-3-13(17)14-9-12(10-15(18)19-2)16(20-14)11-7-5-4-6-8-11/h4-9H,3,10H2,1-2H3. The van der Waals surface area contributed by atoms with Crippen LogP contribution in [-0.4, -0.2) is 18.9 Å². The third-order valence-corrected chi connectivity index (χ3v) is 4.27. The molecule has 0 aliphatic rings. The lowest BCUT2D eigenvalue weighted by Crippen LogP contribution is -2.04. The van der Waals surface area contributed by atoms with Gasteiger partial charge >= 0.3 is 5.97 Å². The van der Waals surface area contributed by atoms with E-state index in [4.69, 9.17) is 4.74 Å². The Bertz CT molecular complexity index is 614. The lowest BCUT2D eigenvalue weighted by molar-refractivity contribution is -0.139. The summed E-state index contributed by atoms with van der Waals surface area (Å²) in [5.74, 6) is -0.196. The molecule has 0 aliphatic carbocycles. The van der Waals surface area contributed by atoms with Gasteiger partial charge in [0.2, 0.25) is 0 Å². The Balaban J connectivity index is 2.45. The average molecular weight is 288 g/mol. The second-order valence-electron chi connectivity index (χ2n) is 4.36. The quantitative estimate of drug-likeness (QED) is 0.622. The van der Waals surface area contributed by atoms with Crippen LogP contribution >= 0.6 is 11.3 Å². The molecule has 0 spiro atoms. The summed E-state index contributed by atoms with van der Waals surface area (Å²) in [4.78, 5) is 25.0. The van der Waals surface area contributed by atoms with Gasteiger partial charge in [-0.15, -0.1) is 11.3 Å². The molecule has 0 aliphatic heterocycles. The Hall–Kier alpha value is -1.94. The van der Waals surface area contributed by atoms with E-state index in [1.54, 1.807) is 0 Å². The van der Waals surface area contributed by atoms with Gasteiger partial charge in [-0.05, 0) is 17.2 Å². The molecule has 1 aromatic heterocycles. The topological polar surface area (TPSA) is 43.4 Å². The van der Waals surface area contributed by atoms with E-state index in [9.17, 15) is 9.59 Å². The van der Waals surface area contributed by atoms with Crippen LogP contribution in [0.15, 0.2) is 36.4 Å². The van der Waals surface area contributed by atoms with Crippen LogP contribution in [0.4, 0.5) is 0 Å². The van der Waals surface area contributed by atoms with Crippen LogP contribution < -0.4 is 0 Å². The van der Waals surface area contributed by atoms with E-state index in [0.29, 0.717) is 11.3 Å². The fourth-order valence-electron chi connectivity index (χ4n) is 1.93. The summed E-state index contributed by atoms with van der Waals surface area (Å²) in [5, 5.41) is 0. The first-order valence-electron chi connectivity index (χ1n) is 6.43. The molecule has 0 N–H and O–H groups in total. The predicted octanol–water partition coefficient (Wildman–Crippen LogP) is 3.72. The van der Waals surface area contributed by atoms with Gasteiger partial charge < -0.3 is 4.74 Å². The zero-order chi connectivity index (χ0) is 14.5. The second kappa shape index (κ2) is 6.48. The molecule has 0 saturated carbocycles. The summed E-state index contributed by atoms with van der Waals surface area (Å²) in [6, 6.07) is 11.6. The van der Waals surface area contributed by atoms with Gasteiger partial charge in [-0.1, -0.05) is 37.3 Å². The molecule has 0 bridgehead atoms. The molecule has 3 nitrogen and oxygen atoms in total. The van der Waals surface area contributed by atoms with Crippen LogP contribution in [0.3, 0.4) is 0 Å². The highest BCUT2D eigenvalue weighted by molar-refractivity contribution is 7.17. The molecule has 0 fully saturated rings. The van der Waals surface area contributed by atoms with Crippen LogP contribution in [-0.2, 0) is 16.0 Å². The lowest BCUT2D eigenvalue weighted by atomic mass is 10.1. The number of carbonyl (C=O) groups is 2. The lowest BCUT2D eigenvalue weighted by Gasteiger charge is -2.02. The normalized spacial score (nSPS) is 10.3. The van der Waals surface area contributed by atoms with Crippen LogP contribution in [0.2, 0.25) is 0 Å². The zero-order valence-corrected chi connectivity index (χ0v) is 12.3. The number of rotatable bonds is 5. The molecule has 0 saturated heterocycles. The van der Waals surface area contributed by atoms with E-state index in [0.717, 1.165) is 16.0 Å². The number of esters is 1. The molecule has 2 aromatic rings. The maximum Gasteiger partial charge on any atom is 0.310 e. The van der Waals surface area contributed by atoms with Gasteiger partial charge in [0.05, 0.1) is 18.4 Å². The molecule has 20 heavy (non-hydrogen) atoms. The van der Waals surface area contributed by atoms with Gasteiger partial charge in [0, 0.05) is 11.3 Å². The molecule has 2 rings (SSSR count). The predicted molar refractivity (Wildman–Crippen MR) is 80.1 cm³/mol. The van der Waals surface area contributed by atoms with Gasteiger partial charge in [-0.25, -0.2) is 0 Å². The minimum absolute atomic E-state index is 0.100. The van der Waals surface area contributed by atoms with Crippen LogP contribution in [0.5, 0.6) is 0 Å². The first-order valence-corrected chi connectivity index (χ1v) is 7.25. The maximum atomic E-state index is 11.9. The summed E-state index contributed by atoms with van der Waals surface area (Å²) in [6.45, 7) is 1.84. The number of ether oxygens (including phenoxy) is 1. The van der Waals surface area contributed by atoms with Crippen molar-refractivity contribution < 1.29 is 14.3 Å². The van der Waals surface area contributed by atoms with Crippen molar-refractivity contribution in [3.05, 3.63) is 46.8 Å². The number of Topliss-reactive ketones (excluding diaryl/α,β-unsaturated/α-hetero) is 1. The Morgan fingerprint density at radius 2 is 1.90 bits per heavy atom. The van der Waals surface area contributed by atoms with Gasteiger partial charge in [0.25, 0.3) is 0 Å². The smallest absolute Gasteiger partial charge is 0.310 e. The Morgan fingerprint density at radius 3 is 2.50 bits per heavy atom. The van der Waals surface area contributed by atoms with Gasteiger partial charge in [-0.2, -0.15) is 0 Å². The average Bonchev–Trinajstić information content (AvgIpc) is 2.91. The minimum atomic E-state index is -0.296. The molecule has 1 aromatic carbocycles. The highest BCUT2D eigenvalue weighted by atomic mass is 32.1. The molecule has 1 heterocycles. The van der Waals surface area contributed by atoms with E-state index in [1.165, 1.54) is 18.4 Å². The van der Waals surface area contributed by atoms with E-state index < -0.39 is 0 Å². The summed E-state index contributed by atoms with van der Waals surface area (Å²) < 4.78 is 4.72. The number of methoxy groups -OCH3 is 1. The first kappa shape index (κ1) is 14.5. The number of thiophene rings is 1. The Morgan fingerprint density at radius 1 is 1.20 bits per heavy atom. The first-order chi connectivity index (χ1) is 9.65. The highest BCUT2D eigenvalue weighted by Crippen LogP contribution is 2.33. The molecular formula is C16H16O3S. The molecule has 104 valence electrons. The fourth-order valence-corrected chi connectivity index (χ4v) is 3.13. The van der Waals surface area contributed by atoms with Crippen molar-refractivity contribution >= 4 is 23.1 Å².